The summed E-state index contributed by atoms with van der Waals surface area (Å²) in [6.45, 7) is 2.54. The molecule has 0 unspecified atom stereocenters. The molecule has 6 nitrogen and oxygen atoms in total. The maximum Gasteiger partial charge on any atom is 0.328 e. The van der Waals surface area contributed by atoms with E-state index in [1.807, 2.05) is 25.1 Å². The molecule has 6 heteroatoms. The van der Waals surface area contributed by atoms with Crippen LogP contribution in [-0.4, -0.2) is 22.0 Å². The molecule has 0 spiro atoms. The van der Waals surface area contributed by atoms with Gasteiger partial charge in [-0.3, -0.25) is 14.6 Å². The van der Waals surface area contributed by atoms with Gasteiger partial charge in [-0.2, -0.15) is 0 Å². The van der Waals surface area contributed by atoms with E-state index in [1.54, 1.807) is 4.90 Å². The molecule has 114 valence electrons. The molecule has 0 saturated heterocycles. The van der Waals surface area contributed by atoms with E-state index in [0.29, 0.717) is 6.54 Å². The predicted molar refractivity (Wildman–Crippen MR) is 83.5 cm³/mol. The van der Waals surface area contributed by atoms with E-state index >= 15 is 0 Å². The number of amides is 1. The summed E-state index contributed by atoms with van der Waals surface area (Å²) in [6, 6.07) is 6.00. The molecule has 2 heterocycles. The first-order valence-electron chi connectivity index (χ1n) is 7.19. The van der Waals surface area contributed by atoms with E-state index in [-0.39, 0.29) is 11.5 Å². The lowest BCUT2D eigenvalue weighted by Crippen LogP contribution is -2.41. The van der Waals surface area contributed by atoms with Crippen molar-refractivity contribution in [3.8, 4) is 0 Å². The van der Waals surface area contributed by atoms with Crippen molar-refractivity contribution in [1.82, 2.24) is 9.55 Å². The molecule has 0 fully saturated rings. The summed E-state index contributed by atoms with van der Waals surface area (Å²) in [5.74, 6) is -0.372. The normalized spacial score (nSPS) is 13.8. The Bertz CT molecular complexity index is 864. The molecule has 1 amide bonds. The third kappa shape index (κ3) is 2.36. The Morgan fingerprint density at radius 3 is 2.82 bits per heavy atom. The van der Waals surface area contributed by atoms with Gasteiger partial charge in [0.25, 0.3) is 11.5 Å². The Morgan fingerprint density at radius 2 is 2.05 bits per heavy atom. The summed E-state index contributed by atoms with van der Waals surface area (Å²) in [7, 11) is 1.50. The largest absolute Gasteiger partial charge is 0.328 e. The SMILES string of the molecule is Cc1ccc2c(c1)N(C(=O)c1cn(C)c(=O)[nH]c1=O)CCC2. The van der Waals surface area contributed by atoms with Crippen molar-refractivity contribution in [2.75, 3.05) is 11.4 Å². The number of nitrogens with zero attached hydrogens (tertiary/aromatic N) is 2. The van der Waals surface area contributed by atoms with Gasteiger partial charge < -0.3 is 9.47 Å². The maximum absolute atomic E-state index is 12.7. The first-order valence-corrected chi connectivity index (χ1v) is 7.19. The molecule has 1 aromatic heterocycles. The molecule has 1 aliphatic heterocycles. The van der Waals surface area contributed by atoms with E-state index in [2.05, 4.69) is 4.98 Å². The molecule has 0 saturated carbocycles. The highest BCUT2D eigenvalue weighted by molar-refractivity contribution is 6.06. The summed E-state index contributed by atoms with van der Waals surface area (Å²) < 4.78 is 1.20. The topological polar surface area (TPSA) is 75.2 Å². The number of rotatable bonds is 1. The molecule has 0 aliphatic carbocycles. The summed E-state index contributed by atoms with van der Waals surface area (Å²) >= 11 is 0. The number of aromatic nitrogens is 2. The van der Waals surface area contributed by atoms with E-state index in [9.17, 15) is 14.4 Å². The number of hydrogen-bond acceptors (Lipinski definition) is 3. The number of anilines is 1. The third-order valence-electron chi connectivity index (χ3n) is 3.94. The molecule has 2 aromatic rings. The number of carbonyl (C=O) groups is 1. The Balaban J connectivity index is 2.08. The monoisotopic (exact) mass is 299 g/mol. The van der Waals surface area contributed by atoms with Gasteiger partial charge in [-0.05, 0) is 37.0 Å². The van der Waals surface area contributed by atoms with Gasteiger partial charge in [-0.25, -0.2) is 4.79 Å². The van der Waals surface area contributed by atoms with Crippen molar-refractivity contribution in [3.05, 3.63) is 61.9 Å². The second-order valence-corrected chi connectivity index (χ2v) is 5.61. The number of benzene rings is 1. The first kappa shape index (κ1) is 14.3. The highest BCUT2D eigenvalue weighted by Gasteiger charge is 2.25. The fraction of sp³-hybridized carbons (Fsp3) is 0.312. The van der Waals surface area contributed by atoms with Crippen molar-refractivity contribution in [3.63, 3.8) is 0 Å². The number of H-pyrrole nitrogens is 1. The van der Waals surface area contributed by atoms with Crippen LogP contribution in [0.1, 0.15) is 27.9 Å². The van der Waals surface area contributed by atoms with Crippen LogP contribution in [0.3, 0.4) is 0 Å². The van der Waals surface area contributed by atoms with Crippen LogP contribution in [0.25, 0.3) is 0 Å². The zero-order valence-electron chi connectivity index (χ0n) is 12.5. The summed E-state index contributed by atoms with van der Waals surface area (Å²) in [4.78, 5) is 39.9. The van der Waals surface area contributed by atoms with Crippen molar-refractivity contribution in [1.29, 1.82) is 0 Å². The molecular weight excluding hydrogens is 282 g/mol. The standard InChI is InChI=1S/C16H17N3O3/c1-10-5-6-11-4-3-7-19(13(11)8-10)15(21)12-9-18(2)16(22)17-14(12)20/h5-6,8-9H,3-4,7H2,1-2H3,(H,17,20,22). The minimum Gasteiger partial charge on any atom is -0.308 e. The summed E-state index contributed by atoms with van der Waals surface area (Å²) in [5.41, 5.74) is 1.82. The summed E-state index contributed by atoms with van der Waals surface area (Å²) in [6.07, 6.45) is 3.07. The molecule has 0 atom stereocenters. The lowest BCUT2D eigenvalue weighted by atomic mass is 9.99. The quantitative estimate of drug-likeness (QED) is 0.852. The Labute approximate surface area is 127 Å². The maximum atomic E-state index is 12.7. The van der Waals surface area contributed by atoms with Crippen LogP contribution in [0.15, 0.2) is 34.0 Å². The fourth-order valence-electron chi connectivity index (χ4n) is 2.76. The van der Waals surface area contributed by atoms with Crippen LogP contribution in [-0.2, 0) is 13.5 Å². The highest BCUT2D eigenvalue weighted by atomic mass is 16.2. The van der Waals surface area contributed by atoms with Gasteiger partial charge in [0.15, 0.2) is 0 Å². The molecule has 1 aromatic carbocycles. The molecule has 22 heavy (non-hydrogen) atoms. The number of carbonyl (C=O) groups excluding carboxylic acids is 1. The zero-order valence-corrected chi connectivity index (χ0v) is 12.5. The van der Waals surface area contributed by atoms with Gasteiger partial charge in [0.2, 0.25) is 0 Å². The van der Waals surface area contributed by atoms with Crippen molar-refractivity contribution < 1.29 is 4.79 Å². The first-order chi connectivity index (χ1) is 10.5. The lowest BCUT2D eigenvalue weighted by molar-refractivity contribution is 0.0982. The van der Waals surface area contributed by atoms with Gasteiger partial charge in [-0.15, -0.1) is 0 Å². The second kappa shape index (κ2) is 5.29. The van der Waals surface area contributed by atoms with Gasteiger partial charge in [-0.1, -0.05) is 12.1 Å². The van der Waals surface area contributed by atoms with Crippen LogP contribution in [0, 0.1) is 6.92 Å². The average Bonchev–Trinajstić information content (AvgIpc) is 2.49. The van der Waals surface area contributed by atoms with E-state index in [4.69, 9.17) is 0 Å². The van der Waals surface area contributed by atoms with Crippen molar-refractivity contribution >= 4 is 11.6 Å². The smallest absolute Gasteiger partial charge is 0.308 e. The highest BCUT2D eigenvalue weighted by Crippen LogP contribution is 2.28. The zero-order chi connectivity index (χ0) is 15.9. The Morgan fingerprint density at radius 1 is 1.27 bits per heavy atom. The van der Waals surface area contributed by atoms with Crippen LogP contribution < -0.4 is 16.1 Å². The number of fused-ring (bicyclic) bond motifs is 1. The molecule has 0 radical (unpaired) electrons. The molecule has 0 bridgehead atoms. The predicted octanol–water partition coefficient (Wildman–Crippen LogP) is 0.975. The average molecular weight is 299 g/mol. The number of nitrogens with one attached hydrogen (secondary N) is 1. The van der Waals surface area contributed by atoms with Crippen LogP contribution in [0.2, 0.25) is 0 Å². The van der Waals surface area contributed by atoms with Gasteiger partial charge in [0, 0.05) is 25.5 Å². The van der Waals surface area contributed by atoms with Crippen LogP contribution >= 0.6 is 0 Å². The van der Waals surface area contributed by atoms with Crippen molar-refractivity contribution in [2.45, 2.75) is 19.8 Å². The summed E-state index contributed by atoms with van der Waals surface area (Å²) in [5, 5.41) is 0. The lowest BCUT2D eigenvalue weighted by Gasteiger charge is -2.29. The minimum atomic E-state index is -0.645. The Hall–Kier alpha value is -2.63. The molecular formula is C16H17N3O3. The third-order valence-corrected chi connectivity index (χ3v) is 3.94. The van der Waals surface area contributed by atoms with Crippen molar-refractivity contribution in [2.24, 2.45) is 7.05 Å². The van der Waals surface area contributed by atoms with Gasteiger partial charge >= 0.3 is 5.69 Å². The molecule has 1 aliphatic rings. The number of aromatic amines is 1. The molecule has 1 N–H and O–H groups in total. The van der Waals surface area contributed by atoms with Crippen LogP contribution in [0.4, 0.5) is 5.69 Å². The van der Waals surface area contributed by atoms with Gasteiger partial charge in [0.05, 0.1) is 0 Å². The van der Waals surface area contributed by atoms with Gasteiger partial charge in [0.1, 0.15) is 5.56 Å². The van der Waals surface area contributed by atoms with E-state index in [0.717, 1.165) is 29.7 Å². The van der Waals surface area contributed by atoms with E-state index in [1.165, 1.54) is 17.8 Å². The number of hydrogen-bond donors (Lipinski definition) is 1. The number of aryl methyl sites for hydroxylation is 3. The Kier molecular flexibility index (Phi) is 3.44. The minimum absolute atomic E-state index is 0.0172. The molecule has 3 rings (SSSR count). The van der Waals surface area contributed by atoms with E-state index < -0.39 is 11.2 Å². The second-order valence-electron chi connectivity index (χ2n) is 5.61. The van der Waals surface area contributed by atoms with Crippen LogP contribution in [0.5, 0.6) is 0 Å². The fourth-order valence-corrected chi connectivity index (χ4v) is 2.76.